The molecule has 2 saturated carbocycles. The molecule has 1 saturated heterocycles. The van der Waals surface area contributed by atoms with E-state index in [9.17, 15) is 18.8 Å². The lowest BCUT2D eigenvalue weighted by atomic mass is 9.90. The molecule has 0 aromatic heterocycles. The maximum Gasteiger partial charge on any atom is 0.333 e. The molecule has 4 rings (SSSR count). The standard InChI is InChI=1S/C23H28FN3O3/c24-16-8-7-9-17(14-16)25-15-20-21(28)26(18-10-3-1-4-11-18)23(30)27(22(20)29)19-12-5-2-6-13-19/h7-9,14-15,18-20H,1-6,10-13H2. The third-order valence-corrected chi connectivity index (χ3v) is 6.48. The summed E-state index contributed by atoms with van der Waals surface area (Å²) in [7, 11) is 0. The SMILES string of the molecule is O=C1C(C=Nc2cccc(F)c2)C(=O)N(C2CCCCC2)C(=O)N1C1CCCCC1. The van der Waals surface area contributed by atoms with Crippen LogP contribution in [0.1, 0.15) is 64.2 Å². The molecule has 160 valence electrons. The van der Waals surface area contributed by atoms with Crippen molar-refractivity contribution in [1.82, 2.24) is 9.80 Å². The lowest BCUT2D eigenvalue weighted by molar-refractivity contribution is -0.149. The fraction of sp³-hybridized carbons (Fsp3) is 0.565. The number of aliphatic imine (C=N–C) groups is 1. The van der Waals surface area contributed by atoms with Gasteiger partial charge in [0.25, 0.3) is 0 Å². The van der Waals surface area contributed by atoms with Crippen molar-refractivity contribution in [2.45, 2.75) is 76.3 Å². The van der Waals surface area contributed by atoms with E-state index < -0.39 is 29.6 Å². The van der Waals surface area contributed by atoms with Crippen molar-refractivity contribution in [3.8, 4) is 0 Å². The van der Waals surface area contributed by atoms with Gasteiger partial charge >= 0.3 is 6.03 Å². The Labute approximate surface area is 176 Å². The van der Waals surface area contributed by atoms with Gasteiger partial charge in [-0.25, -0.2) is 9.18 Å². The Balaban J connectivity index is 1.65. The van der Waals surface area contributed by atoms with Gasteiger partial charge in [0.15, 0.2) is 5.92 Å². The van der Waals surface area contributed by atoms with Crippen LogP contribution in [0.3, 0.4) is 0 Å². The van der Waals surface area contributed by atoms with Gasteiger partial charge in [0.2, 0.25) is 11.8 Å². The first-order valence-electron chi connectivity index (χ1n) is 11.1. The third kappa shape index (κ3) is 4.16. The second kappa shape index (κ2) is 9.06. The van der Waals surface area contributed by atoms with Crippen molar-refractivity contribution in [2.24, 2.45) is 10.9 Å². The molecule has 1 aromatic rings. The van der Waals surface area contributed by atoms with E-state index in [2.05, 4.69) is 4.99 Å². The molecule has 6 nitrogen and oxygen atoms in total. The zero-order chi connectivity index (χ0) is 21.1. The van der Waals surface area contributed by atoms with Gasteiger partial charge in [-0.05, 0) is 43.9 Å². The molecule has 0 spiro atoms. The van der Waals surface area contributed by atoms with E-state index in [4.69, 9.17) is 0 Å². The fourth-order valence-electron chi connectivity index (χ4n) is 4.91. The van der Waals surface area contributed by atoms with Gasteiger partial charge in [-0.2, -0.15) is 0 Å². The molecule has 0 N–H and O–H groups in total. The molecular formula is C23H28FN3O3. The normalized spacial score (nSPS) is 23.0. The maximum absolute atomic E-state index is 13.5. The number of nitrogens with zero attached hydrogens (tertiary/aromatic N) is 3. The summed E-state index contributed by atoms with van der Waals surface area (Å²) < 4.78 is 13.5. The average molecular weight is 413 g/mol. The van der Waals surface area contributed by atoms with Crippen molar-refractivity contribution in [2.75, 3.05) is 0 Å². The minimum Gasteiger partial charge on any atom is -0.273 e. The maximum atomic E-state index is 13.5. The number of barbiturate groups is 1. The summed E-state index contributed by atoms with van der Waals surface area (Å²) in [5.74, 6) is -2.57. The minimum absolute atomic E-state index is 0.164. The highest BCUT2D eigenvalue weighted by Crippen LogP contribution is 2.32. The monoisotopic (exact) mass is 413 g/mol. The molecule has 0 atom stereocenters. The highest BCUT2D eigenvalue weighted by atomic mass is 19.1. The predicted molar refractivity (Wildman–Crippen MR) is 111 cm³/mol. The van der Waals surface area contributed by atoms with Crippen molar-refractivity contribution in [1.29, 1.82) is 0 Å². The van der Waals surface area contributed by atoms with Crippen LogP contribution in [0, 0.1) is 11.7 Å². The second-order valence-electron chi connectivity index (χ2n) is 8.52. The van der Waals surface area contributed by atoms with Crippen molar-refractivity contribution in [3.05, 3.63) is 30.1 Å². The van der Waals surface area contributed by atoms with E-state index in [1.165, 1.54) is 34.2 Å². The molecule has 3 fully saturated rings. The Morgan fingerprint density at radius 2 is 1.37 bits per heavy atom. The lowest BCUT2D eigenvalue weighted by Crippen LogP contribution is -2.65. The summed E-state index contributed by atoms with van der Waals surface area (Å²) >= 11 is 0. The average Bonchev–Trinajstić information content (AvgIpc) is 2.75. The minimum atomic E-state index is -1.14. The van der Waals surface area contributed by atoms with Gasteiger partial charge in [-0.1, -0.05) is 44.6 Å². The van der Waals surface area contributed by atoms with Crippen molar-refractivity contribution < 1.29 is 18.8 Å². The first kappa shape index (κ1) is 20.7. The second-order valence-corrected chi connectivity index (χ2v) is 8.52. The zero-order valence-electron chi connectivity index (χ0n) is 17.1. The van der Waals surface area contributed by atoms with E-state index >= 15 is 0 Å². The number of carbonyl (C=O) groups excluding carboxylic acids is 3. The van der Waals surface area contributed by atoms with Crippen LogP contribution in [0.4, 0.5) is 14.9 Å². The van der Waals surface area contributed by atoms with Gasteiger partial charge in [-0.3, -0.25) is 24.4 Å². The molecule has 3 aliphatic rings. The topological polar surface area (TPSA) is 70.0 Å². The number of hydrogen-bond donors (Lipinski definition) is 0. The number of carbonyl (C=O) groups is 3. The molecule has 30 heavy (non-hydrogen) atoms. The van der Waals surface area contributed by atoms with E-state index in [0.29, 0.717) is 5.69 Å². The summed E-state index contributed by atoms with van der Waals surface area (Å²) in [6, 6.07) is 4.91. The van der Waals surface area contributed by atoms with E-state index in [0.717, 1.165) is 64.2 Å². The number of amides is 4. The summed E-state index contributed by atoms with van der Waals surface area (Å²) in [5.41, 5.74) is 0.334. The number of urea groups is 1. The molecule has 0 radical (unpaired) electrons. The fourth-order valence-corrected chi connectivity index (χ4v) is 4.91. The summed E-state index contributed by atoms with van der Waals surface area (Å²) in [4.78, 5) is 46.7. The van der Waals surface area contributed by atoms with Gasteiger partial charge in [-0.15, -0.1) is 0 Å². The van der Waals surface area contributed by atoms with Crippen LogP contribution in [0.5, 0.6) is 0 Å². The third-order valence-electron chi connectivity index (χ3n) is 6.48. The highest BCUT2D eigenvalue weighted by Gasteiger charge is 2.49. The Bertz CT molecular complexity index is 804. The van der Waals surface area contributed by atoms with Gasteiger partial charge < -0.3 is 0 Å². The van der Waals surface area contributed by atoms with Crippen molar-refractivity contribution in [3.63, 3.8) is 0 Å². The van der Waals surface area contributed by atoms with Crippen LogP contribution in [0.2, 0.25) is 0 Å². The summed E-state index contributed by atoms with van der Waals surface area (Å²) in [6.45, 7) is 0. The molecule has 0 bridgehead atoms. The number of benzene rings is 1. The Hall–Kier alpha value is -2.57. The van der Waals surface area contributed by atoms with Crippen LogP contribution in [0.25, 0.3) is 0 Å². The van der Waals surface area contributed by atoms with Crippen LogP contribution in [-0.2, 0) is 9.59 Å². The molecule has 7 heteroatoms. The number of hydrogen-bond acceptors (Lipinski definition) is 4. The van der Waals surface area contributed by atoms with E-state index in [1.807, 2.05) is 0 Å². The molecule has 4 amide bonds. The number of halogens is 1. The molecule has 0 unspecified atom stereocenters. The Kier molecular flexibility index (Phi) is 6.25. The first-order valence-corrected chi connectivity index (χ1v) is 11.1. The zero-order valence-corrected chi connectivity index (χ0v) is 17.1. The first-order chi connectivity index (χ1) is 14.6. The predicted octanol–water partition coefficient (Wildman–Crippen LogP) is 4.60. The largest absolute Gasteiger partial charge is 0.333 e. The number of rotatable bonds is 4. The lowest BCUT2D eigenvalue weighted by Gasteiger charge is -2.44. The molecule has 2 aliphatic carbocycles. The molecule has 1 aromatic carbocycles. The Morgan fingerprint density at radius 3 is 1.87 bits per heavy atom. The van der Waals surface area contributed by atoms with E-state index in [1.54, 1.807) is 6.07 Å². The van der Waals surface area contributed by atoms with E-state index in [-0.39, 0.29) is 12.1 Å². The molecule has 1 heterocycles. The van der Waals surface area contributed by atoms with Gasteiger partial charge in [0.1, 0.15) is 5.82 Å². The van der Waals surface area contributed by atoms with Crippen LogP contribution < -0.4 is 0 Å². The van der Waals surface area contributed by atoms with Crippen LogP contribution in [0.15, 0.2) is 29.3 Å². The number of imide groups is 2. The van der Waals surface area contributed by atoms with Gasteiger partial charge in [0.05, 0.1) is 5.69 Å². The van der Waals surface area contributed by atoms with Gasteiger partial charge in [0, 0.05) is 18.3 Å². The summed E-state index contributed by atoms with van der Waals surface area (Å²) in [5, 5.41) is 0. The quantitative estimate of drug-likeness (QED) is 0.535. The summed E-state index contributed by atoms with van der Waals surface area (Å²) in [6.07, 6.45) is 10.5. The molecule has 1 aliphatic heterocycles. The van der Waals surface area contributed by atoms with Crippen molar-refractivity contribution >= 4 is 29.7 Å². The van der Waals surface area contributed by atoms with Crippen LogP contribution in [-0.4, -0.2) is 45.9 Å². The molecular weight excluding hydrogens is 385 g/mol. The van der Waals surface area contributed by atoms with Crippen LogP contribution >= 0.6 is 0 Å². The smallest absolute Gasteiger partial charge is 0.273 e. The Morgan fingerprint density at radius 1 is 0.833 bits per heavy atom. The highest BCUT2D eigenvalue weighted by molar-refractivity contribution is 6.23.